The average Bonchev–Trinajstić information content (AvgIpc) is 2.69. The Morgan fingerprint density at radius 1 is 1.11 bits per heavy atom. The summed E-state index contributed by atoms with van der Waals surface area (Å²) >= 11 is 2.25. The summed E-state index contributed by atoms with van der Waals surface area (Å²) in [6.45, 7) is 4.88. The second-order valence-corrected chi connectivity index (χ2v) is 8.10. The minimum Gasteiger partial charge on any atom is -0.314 e. The van der Waals surface area contributed by atoms with Crippen LogP contribution in [0.4, 0.5) is 0 Å². The molecule has 0 aromatic carbocycles. The topological polar surface area (TPSA) is 15.3 Å². The Hall–Kier alpha value is 0.270. The largest absolute Gasteiger partial charge is 0.314 e. The van der Waals surface area contributed by atoms with Gasteiger partial charge in [0.2, 0.25) is 0 Å². The Bertz CT molecular complexity index is 264. The van der Waals surface area contributed by atoms with Gasteiger partial charge < -0.3 is 5.32 Å². The maximum atomic E-state index is 3.76. The van der Waals surface area contributed by atoms with Crippen LogP contribution in [0.25, 0.3) is 0 Å². The van der Waals surface area contributed by atoms with Gasteiger partial charge in [0.1, 0.15) is 0 Å². The third-order valence-corrected chi connectivity index (χ3v) is 6.64. The minimum absolute atomic E-state index is 0.813. The van der Waals surface area contributed by atoms with E-state index < -0.39 is 0 Å². The van der Waals surface area contributed by atoms with E-state index in [9.17, 15) is 0 Å². The van der Waals surface area contributed by atoms with E-state index in [0.717, 1.165) is 23.4 Å². The van der Waals surface area contributed by atoms with Gasteiger partial charge in [-0.1, -0.05) is 13.3 Å². The zero-order valence-electron chi connectivity index (χ0n) is 12.4. The SMILES string of the molecule is CCCNC1CC2CCC(C1)N2CC1CCCCS1. The Morgan fingerprint density at radius 3 is 2.53 bits per heavy atom. The van der Waals surface area contributed by atoms with Crippen molar-refractivity contribution in [2.24, 2.45) is 0 Å². The maximum absolute atomic E-state index is 3.76. The van der Waals surface area contributed by atoms with Gasteiger partial charge in [-0.15, -0.1) is 0 Å². The molecule has 3 rings (SSSR count). The lowest BCUT2D eigenvalue weighted by Gasteiger charge is -2.41. The Kier molecular flexibility index (Phi) is 5.10. The highest BCUT2D eigenvalue weighted by Crippen LogP contribution is 2.38. The fourth-order valence-corrected chi connectivity index (χ4v) is 5.59. The van der Waals surface area contributed by atoms with Crippen molar-refractivity contribution < 1.29 is 0 Å². The second kappa shape index (κ2) is 6.82. The molecule has 0 aliphatic carbocycles. The van der Waals surface area contributed by atoms with E-state index in [1.807, 2.05) is 0 Å². The molecule has 3 heterocycles. The fraction of sp³-hybridized carbons (Fsp3) is 1.00. The van der Waals surface area contributed by atoms with Gasteiger partial charge in [-0.2, -0.15) is 11.8 Å². The van der Waals surface area contributed by atoms with Crippen molar-refractivity contribution in [3.63, 3.8) is 0 Å². The highest BCUT2D eigenvalue weighted by atomic mass is 32.2. The van der Waals surface area contributed by atoms with Gasteiger partial charge in [-0.3, -0.25) is 4.90 Å². The molecule has 3 saturated heterocycles. The highest BCUT2D eigenvalue weighted by Gasteiger charge is 2.41. The molecule has 0 radical (unpaired) electrons. The Morgan fingerprint density at radius 2 is 1.89 bits per heavy atom. The zero-order chi connectivity index (χ0) is 13.1. The molecule has 19 heavy (non-hydrogen) atoms. The first-order valence-electron chi connectivity index (χ1n) is 8.47. The molecule has 110 valence electrons. The third-order valence-electron chi connectivity index (χ3n) is 5.26. The van der Waals surface area contributed by atoms with Crippen molar-refractivity contribution in [3.05, 3.63) is 0 Å². The molecule has 2 nitrogen and oxygen atoms in total. The van der Waals surface area contributed by atoms with Gasteiger partial charge in [0.25, 0.3) is 0 Å². The number of fused-ring (bicyclic) bond motifs is 2. The molecule has 3 atom stereocenters. The van der Waals surface area contributed by atoms with Crippen LogP contribution in [0.15, 0.2) is 0 Å². The molecule has 0 aromatic heterocycles. The number of piperidine rings is 1. The van der Waals surface area contributed by atoms with E-state index in [1.54, 1.807) is 0 Å². The Balaban J connectivity index is 1.51. The van der Waals surface area contributed by atoms with E-state index in [0.29, 0.717) is 0 Å². The van der Waals surface area contributed by atoms with Gasteiger partial charge in [0.05, 0.1) is 0 Å². The number of nitrogens with one attached hydrogen (secondary N) is 1. The molecule has 0 saturated carbocycles. The molecule has 2 bridgehead atoms. The average molecular weight is 282 g/mol. The molecule has 3 unspecified atom stereocenters. The molecule has 3 aliphatic rings. The van der Waals surface area contributed by atoms with Crippen molar-refractivity contribution in [2.75, 3.05) is 18.8 Å². The number of nitrogens with zero attached hydrogens (tertiary/aromatic N) is 1. The van der Waals surface area contributed by atoms with Crippen LogP contribution in [0.1, 0.15) is 58.3 Å². The monoisotopic (exact) mass is 282 g/mol. The van der Waals surface area contributed by atoms with Gasteiger partial charge in [0, 0.05) is 29.9 Å². The highest BCUT2D eigenvalue weighted by molar-refractivity contribution is 7.99. The van der Waals surface area contributed by atoms with Gasteiger partial charge >= 0.3 is 0 Å². The molecule has 3 aliphatic heterocycles. The van der Waals surface area contributed by atoms with E-state index in [1.165, 1.54) is 70.2 Å². The number of thioether (sulfide) groups is 1. The van der Waals surface area contributed by atoms with Crippen LogP contribution in [-0.2, 0) is 0 Å². The maximum Gasteiger partial charge on any atom is 0.0175 e. The van der Waals surface area contributed by atoms with Crippen LogP contribution in [0.5, 0.6) is 0 Å². The normalized spacial score (nSPS) is 39.6. The van der Waals surface area contributed by atoms with E-state index in [4.69, 9.17) is 0 Å². The summed E-state index contributed by atoms with van der Waals surface area (Å²) in [5, 5.41) is 4.71. The van der Waals surface area contributed by atoms with Crippen molar-refractivity contribution in [1.82, 2.24) is 10.2 Å². The molecule has 3 heteroatoms. The van der Waals surface area contributed by atoms with Crippen molar-refractivity contribution in [2.45, 2.75) is 81.7 Å². The van der Waals surface area contributed by atoms with Crippen molar-refractivity contribution in [3.8, 4) is 0 Å². The summed E-state index contributed by atoms with van der Waals surface area (Å²) in [6, 6.07) is 2.61. The first kappa shape index (κ1) is 14.2. The second-order valence-electron chi connectivity index (χ2n) is 6.69. The number of hydrogen-bond acceptors (Lipinski definition) is 3. The summed E-state index contributed by atoms with van der Waals surface area (Å²) in [5.41, 5.74) is 0. The van der Waals surface area contributed by atoms with E-state index >= 15 is 0 Å². The summed E-state index contributed by atoms with van der Waals surface area (Å²) in [6.07, 6.45) is 11.4. The van der Waals surface area contributed by atoms with Crippen molar-refractivity contribution in [1.29, 1.82) is 0 Å². The van der Waals surface area contributed by atoms with E-state index in [2.05, 4.69) is 28.9 Å². The zero-order valence-corrected chi connectivity index (χ0v) is 13.3. The Labute approximate surface area is 123 Å². The molecular formula is C16H30N2S. The summed E-state index contributed by atoms with van der Waals surface area (Å²) < 4.78 is 0. The third kappa shape index (κ3) is 3.48. The molecular weight excluding hydrogens is 252 g/mol. The predicted molar refractivity (Wildman–Crippen MR) is 84.9 cm³/mol. The first-order valence-corrected chi connectivity index (χ1v) is 9.52. The summed E-state index contributed by atoms with van der Waals surface area (Å²) in [7, 11) is 0. The van der Waals surface area contributed by atoms with Crippen LogP contribution in [-0.4, -0.2) is 47.1 Å². The summed E-state index contributed by atoms with van der Waals surface area (Å²) in [4.78, 5) is 2.90. The van der Waals surface area contributed by atoms with Crippen molar-refractivity contribution >= 4 is 11.8 Å². The minimum atomic E-state index is 0.813. The van der Waals surface area contributed by atoms with Gasteiger partial charge in [-0.05, 0) is 57.2 Å². The number of hydrogen-bond donors (Lipinski definition) is 1. The molecule has 3 fully saturated rings. The molecule has 0 amide bonds. The quantitative estimate of drug-likeness (QED) is 0.833. The van der Waals surface area contributed by atoms with Crippen LogP contribution in [0.2, 0.25) is 0 Å². The van der Waals surface area contributed by atoms with Crippen LogP contribution in [0, 0.1) is 0 Å². The first-order chi connectivity index (χ1) is 9.36. The van der Waals surface area contributed by atoms with Gasteiger partial charge in [0.15, 0.2) is 0 Å². The lowest BCUT2D eigenvalue weighted by Crippen LogP contribution is -2.51. The predicted octanol–water partition coefficient (Wildman–Crippen LogP) is 3.27. The van der Waals surface area contributed by atoms with Crippen LogP contribution < -0.4 is 5.32 Å². The van der Waals surface area contributed by atoms with Crippen LogP contribution in [0.3, 0.4) is 0 Å². The lowest BCUT2D eigenvalue weighted by atomic mass is 9.96. The molecule has 0 spiro atoms. The lowest BCUT2D eigenvalue weighted by molar-refractivity contribution is 0.116. The molecule has 1 N–H and O–H groups in total. The van der Waals surface area contributed by atoms with Gasteiger partial charge in [-0.25, -0.2) is 0 Å². The number of rotatable bonds is 5. The smallest absolute Gasteiger partial charge is 0.0175 e. The molecule has 0 aromatic rings. The van der Waals surface area contributed by atoms with Crippen LogP contribution >= 0.6 is 11.8 Å². The fourth-order valence-electron chi connectivity index (χ4n) is 4.27. The standard InChI is InChI=1S/C16H30N2S/c1-2-8-17-13-10-14-6-7-15(11-13)18(14)12-16-5-3-4-9-19-16/h13-17H,2-12H2,1H3. The van der Waals surface area contributed by atoms with E-state index in [-0.39, 0.29) is 0 Å². The summed E-state index contributed by atoms with van der Waals surface area (Å²) in [5.74, 6) is 1.41.